The minimum Gasteiger partial charge on any atom is -0.484 e. The van der Waals surface area contributed by atoms with Crippen LogP contribution in [0.4, 0.5) is 5.00 Å². The molecule has 0 saturated heterocycles. The maximum Gasteiger partial charge on any atom is 0.264 e. The van der Waals surface area contributed by atoms with Crippen molar-refractivity contribution >= 4 is 39.6 Å². The van der Waals surface area contributed by atoms with E-state index < -0.39 is 0 Å². The highest BCUT2D eigenvalue weighted by Gasteiger charge is 2.14. The molecule has 0 atom stereocenters. The van der Waals surface area contributed by atoms with E-state index in [1.807, 2.05) is 32.0 Å². The summed E-state index contributed by atoms with van der Waals surface area (Å²) in [6, 6.07) is 11.2. The lowest BCUT2D eigenvalue weighted by Gasteiger charge is -2.09. The third kappa shape index (κ3) is 4.52. The number of hydrogen-bond acceptors (Lipinski definition) is 5. The molecule has 0 aliphatic heterocycles. The van der Waals surface area contributed by atoms with Gasteiger partial charge in [-0.1, -0.05) is 18.2 Å². The monoisotopic (exact) mass is 345 g/mol. The van der Waals surface area contributed by atoms with Gasteiger partial charge in [-0.3, -0.25) is 10.1 Å². The predicted octanol–water partition coefficient (Wildman–Crippen LogP) is 3.13. The van der Waals surface area contributed by atoms with Crippen LogP contribution in [0.15, 0.2) is 30.3 Å². The summed E-state index contributed by atoms with van der Waals surface area (Å²) in [6.45, 7) is 3.67. The number of para-hydroxylation sites is 1. The largest absolute Gasteiger partial charge is 0.484 e. The molecule has 23 heavy (non-hydrogen) atoms. The lowest BCUT2D eigenvalue weighted by atomic mass is 10.2. The Labute approximate surface area is 143 Å². The van der Waals surface area contributed by atoms with Crippen molar-refractivity contribution in [3.63, 3.8) is 0 Å². The van der Waals surface area contributed by atoms with E-state index in [9.17, 15) is 10.1 Å². The molecule has 1 heterocycles. The number of amides is 1. The SMILES string of the molecule is Cc1sc(NC(=S)NC(=O)COc2ccccc2)c(C#N)c1C. The molecule has 1 aromatic carbocycles. The van der Waals surface area contributed by atoms with Crippen molar-refractivity contribution in [3.05, 3.63) is 46.3 Å². The Kier molecular flexibility index (Phi) is 5.68. The summed E-state index contributed by atoms with van der Waals surface area (Å²) >= 11 is 6.53. The molecule has 1 aromatic heterocycles. The fraction of sp³-hybridized carbons (Fsp3) is 0.188. The van der Waals surface area contributed by atoms with Gasteiger partial charge in [0.15, 0.2) is 11.7 Å². The van der Waals surface area contributed by atoms with Gasteiger partial charge in [0.1, 0.15) is 16.8 Å². The first-order chi connectivity index (χ1) is 11.0. The van der Waals surface area contributed by atoms with Crippen LogP contribution in [0.2, 0.25) is 0 Å². The molecule has 2 rings (SSSR count). The van der Waals surface area contributed by atoms with Gasteiger partial charge in [-0.25, -0.2) is 0 Å². The molecule has 5 nitrogen and oxygen atoms in total. The lowest BCUT2D eigenvalue weighted by Crippen LogP contribution is -2.37. The summed E-state index contributed by atoms with van der Waals surface area (Å²) < 4.78 is 5.34. The highest BCUT2D eigenvalue weighted by molar-refractivity contribution is 7.80. The summed E-state index contributed by atoms with van der Waals surface area (Å²) in [6.07, 6.45) is 0. The Bertz CT molecular complexity index is 764. The zero-order valence-corrected chi connectivity index (χ0v) is 14.3. The third-order valence-electron chi connectivity index (χ3n) is 3.09. The molecule has 0 aliphatic carbocycles. The normalized spacial score (nSPS) is 9.78. The maximum atomic E-state index is 11.8. The number of thiophene rings is 1. The Morgan fingerprint density at radius 3 is 2.70 bits per heavy atom. The third-order valence-corrected chi connectivity index (χ3v) is 4.42. The Morgan fingerprint density at radius 2 is 2.04 bits per heavy atom. The highest BCUT2D eigenvalue weighted by atomic mass is 32.1. The van der Waals surface area contributed by atoms with Crippen molar-refractivity contribution in [2.45, 2.75) is 13.8 Å². The van der Waals surface area contributed by atoms with Crippen molar-refractivity contribution < 1.29 is 9.53 Å². The zero-order valence-electron chi connectivity index (χ0n) is 12.7. The van der Waals surface area contributed by atoms with Gasteiger partial charge in [-0.15, -0.1) is 11.3 Å². The van der Waals surface area contributed by atoms with Crippen LogP contribution in [-0.4, -0.2) is 17.6 Å². The number of thiocarbonyl (C=S) groups is 1. The number of rotatable bonds is 4. The quantitative estimate of drug-likeness (QED) is 0.833. The first-order valence-electron chi connectivity index (χ1n) is 6.80. The first-order valence-corrected chi connectivity index (χ1v) is 8.02. The lowest BCUT2D eigenvalue weighted by molar-refractivity contribution is -0.121. The number of nitrogens with zero attached hydrogens (tertiary/aromatic N) is 1. The van der Waals surface area contributed by atoms with E-state index in [0.29, 0.717) is 16.3 Å². The number of aryl methyl sites for hydroxylation is 1. The number of carbonyl (C=O) groups is 1. The van der Waals surface area contributed by atoms with Crippen LogP contribution < -0.4 is 15.4 Å². The van der Waals surface area contributed by atoms with Crippen molar-refractivity contribution in [2.24, 2.45) is 0 Å². The van der Waals surface area contributed by atoms with E-state index in [0.717, 1.165) is 10.4 Å². The molecule has 7 heteroatoms. The molecule has 0 bridgehead atoms. The second kappa shape index (κ2) is 7.72. The van der Waals surface area contributed by atoms with Crippen LogP contribution in [0.25, 0.3) is 0 Å². The molecule has 0 spiro atoms. The number of hydrogen-bond donors (Lipinski definition) is 2. The first kappa shape index (κ1) is 16.9. The van der Waals surface area contributed by atoms with Gasteiger partial charge in [-0.2, -0.15) is 5.26 Å². The molecule has 0 radical (unpaired) electrons. The Morgan fingerprint density at radius 1 is 1.35 bits per heavy atom. The molecule has 1 amide bonds. The number of carbonyl (C=O) groups excluding carboxylic acids is 1. The van der Waals surface area contributed by atoms with Crippen LogP contribution in [0, 0.1) is 25.2 Å². The standard InChI is InChI=1S/C16H15N3O2S2/c1-10-11(2)23-15(13(10)8-17)19-16(22)18-14(20)9-21-12-6-4-3-5-7-12/h3-7H,9H2,1-2H3,(H2,18,19,20,22). The van der Waals surface area contributed by atoms with Gasteiger partial charge >= 0.3 is 0 Å². The number of ether oxygens (including phenoxy) is 1. The fourth-order valence-corrected chi connectivity index (χ4v) is 3.11. The van der Waals surface area contributed by atoms with Gasteiger partial charge in [-0.05, 0) is 43.8 Å². The summed E-state index contributed by atoms with van der Waals surface area (Å²) in [5.41, 5.74) is 1.46. The zero-order chi connectivity index (χ0) is 16.8. The van der Waals surface area contributed by atoms with Crippen LogP contribution in [-0.2, 0) is 4.79 Å². The fourth-order valence-electron chi connectivity index (χ4n) is 1.81. The second-order valence-electron chi connectivity index (χ2n) is 4.70. The van der Waals surface area contributed by atoms with Gasteiger partial charge in [0.05, 0.1) is 5.56 Å². The number of nitrogens with one attached hydrogen (secondary N) is 2. The van der Waals surface area contributed by atoms with E-state index in [1.54, 1.807) is 12.1 Å². The molecular formula is C16H15N3O2S2. The molecular weight excluding hydrogens is 330 g/mol. The van der Waals surface area contributed by atoms with E-state index in [4.69, 9.17) is 17.0 Å². The van der Waals surface area contributed by atoms with Crippen molar-refractivity contribution in [2.75, 3.05) is 11.9 Å². The molecule has 0 aliphatic rings. The molecule has 0 fully saturated rings. The average molecular weight is 345 g/mol. The van der Waals surface area contributed by atoms with Crippen molar-refractivity contribution in [1.82, 2.24) is 5.32 Å². The van der Waals surface area contributed by atoms with E-state index in [-0.39, 0.29) is 17.6 Å². The number of nitriles is 1. The topological polar surface area (TPSA) is 74.2 Å². The van der Waals surface area contributed by atoms with E-state index in [1.165, 1.54) is 11.3 Å². The van der Waals surface area contributed by atoms with Gasteiger partial charge < -0.3 is 10.1 Å². The minimum atomic E-state index is -0.366. The van der Waals surface area contributed by atoms with Crippen LogP contribution in [0.3, 0.4) is 0 Å². The van der Waals surface area contributed by atoms with Crippen LogP contribution >= 0.6 is 23.6 Å². The predicted molar refractivity (Wildman–Crippen MR) is 94.8 cm³/mol. The number of anilines is 1. The van der Waals surface area contributed by atoms with Gasteiger partial charge in [0.25, 0.3) is 5.91 Å². The van der Waals surface area contributed by atoms with Gasteiger partial charge in [0, 0.05) is 4.88 Å². The van der Waals surface area contributed by atoms with E-state index in [2.05, 4.69) is 16.7 Å². The molecule has 2 N–H and O–H groups in total. The molecule has 2 aromatic rings. The smallest absolute Gasteiger partial charge is 0.264 e. The van der Waals surface area contributed by atoms with Gasteiger partial charge in [0.2, 0.25) is 0 Å². The summed E-state index contributed by atoms with van der Waals surface area (Å²) in [4.78, 5) is 12.9. The summed E-state index contributed by atoms with van der Waals surface area (Å²) in [5.74, 6) is 0.243. The summed E-state index contributed by atoms with van der Waals surface area (Å²) in [5, 5.41) is 15.4. The average Bonchev–Trinajstić information content (AvgIpc) is 2.80. The second-order valence-corrected chi connectivity index (χ2v) is 6.34. The van der Waals surface area contributed by atoms with Crippen molar-refractivity contribution in [3.8, 4) is 11.8 Å². The van der Waals surface area contributed by atoms with Crippen LogP contribution in [0.1, 0.15) is 16.0 Å². The Hall–Kier alpha value is -2.43. The highest BCUT2D eigenvalue weighted by Crippen LogP contribution is 2.31. The number of benzene rings is 1. The van der Waals surface area contributed by atoms with Crippen LogP contribution in [0.5, 0.6) is 5.75 Å². The molecule has 0 saturated carbocycles. The Balaban J connectivity index is 1.89. The molecule has 0 unspecified atom stereocenters. The summed E-state index contributed by atoms with van der Waals surface area (Å²) in [7, 11) is 0. The van der Waals surface area contributed by atoms with E-state index >= 15 is 0 Å². The molecule has 118 valence electrons. The van der Waals surface area contributed by atoms with Crippen molar-refractivity contribution in [1.29, 1.82) is 5.26 Å². The maximum absolute atomic E-state index is 11.8. The minimum absolute atomic E-state index is 0.139.